The average molecular weight is 246 g/mol. The predicted octanol–water partition coefficient (Wildman–Crippen LogP) is 1.32. The smallest absolute Gasteiger partial charge is 0.122 e. The Bertz CT molecular complexity index is 415. The summed E-state index contributed by atoms with van der Waals surface area (Å²) in [5, 5.41) is 3.33. The molecular formula is C15H22N2O. The van der Waals surface area contributed by atoms with E-state index in [1.807, 2.05) is 0 Å². The number of hydrogen-bond donors (Lipinski definition) is 1. The zero-order chi connectivity index (χ0) is 12.4. The minimum atomic E-state index is 0.855. The Morgan fingerprint density at radius 1 is 1.39 bits per heavy atom. The van der Waals surface area contributed by atoms with Crippen molar-refractivity contribution in [2.75, 3.05) is 39.8 Å². The van der Waals surface area contributed by atoms with E-state index in [0.717, 1.165) is 37.7 Å². The lowest BCUT2D eigenvalue weighted by Gasteiger charge is -2.31. The third kappa shape index (κ3) is 2.68. The second-order valence-corrected chi connectivity index (χ2v) is 5.58. The van der Waals surface area contributed by atoms with Crippen molar-refractivity contribution in [2.24, 2.45) is 5.92 Å². The van der Waals surface area contributed by atoms with Gasteiger partial charge in [0.2, 0.25) is 0 Å². The van der Waals surface area contributed by atoms with Gasteiger partial charge in [-0.15, -0.1) is 0 Å². The van der Waals surface area contributed by atoms with E-state index in [-0.39, 0.29) is 0 Å². The Hall–Kier alpha value is -1.06. The van der Waals surface area contributed by atoms with Gasteiger partial charge in [0.25, 0.3) is 0 Å². The maximum atomic E-state index is 5.54. The summed E-state index contributed by atoms with van der Waals surface area (Å²) < 4.78 is 5.54. The Morgan fingerprint density at radius 3 is 3.06 bits per heavy atom. The fourth-order valence-corrected chi connectivity index (χ4v) is 2.73. The normalized spacial score (nSPS) is 18.6. The summed E-state index contributed by atoms with van der Waals surface area (Å²) >= 11 is 0. The Balaban J connectivity index is 1.50. The molecule has 3 rings (SSSR count). The van der Waals surface area contributed by atoms with Crippen molar-refractivity contribution in [3.63, 3.8) is 0 Å². The van der Waals surface area contributed by atoms with Crippen LogP contribution in [0.4, 0.5) is 0 Å². The summed E-state index contributed by atoms with van der Waals surface area (Å²) in [6.45, 7) is 5.62. The molecule has 0 amide bonds. The summed E-state index contributed by atoms with van der Waals surface area (Å²) in [4.78, 5) is 2.45. The van der Waals surface area contributed by atoms with Gasteiger partial charge < -0.3 is 15.0 Å². The second-order valence-electron chi connectivity index (χ2n) is 5.58. The van der Waals surface area contributed by atoms with Gasteiger partial charge in [-0.2, -0.15) is 0 Å². The molecule has 0 saturated carbocycles. The van der Waals surface area contributed by atoms with Gasteiger partial charge in [0, 0.05) is 32.6 Å². The van der Waals surface area contributed by atoms with Crippen LogP contribution in [-0.4, -0.2) is 44.7 Å². The molecule has 3 heteroatoms. The fraction of sp³-hybridized carbons (Fsp3) is 0.600. The molecule has 1 fully saturated rings. The lowest BCUT2D eigenvalue weighted by Crippen LogP contribution is -2.47. The highest BCUT2D eigenvalue weighted by atomic mass is 16.5. The monoisotopic (exact) mass is 246 g/mol. The Kier molecular flexibility index (Phi) is 3.52. The van der Waals surface area contributed by atoms with Crippen LogP contribution in [0.2, 0.25) is 0 Å². The molecule has 0 aromatic heterocycles. The van der Waals surface area contributed by atoms with Crippen LogP contribution in [0.1, 0.15) is 11.1 Å². The van der Waals surface area contributed by atoms with Crippen molar-refractivity contribution in [3.05, 3.63) is 29.3 Å². The third-order valence-electron chi connectivity index (χ3n) is 3.97. The van der Waals surface area contributed by atoms with Crippen molar-refractivity contribution in [2.45, 2.75) is 12.8 Å². The first-order valence-corrected chi connectivity index (χ1v) is 6.95. The van der Waals surface area contributed by atoms with Crippen LogP contribution in [-0.2, 0) is 12.8 Å². The molecule has 0 atom stereocenters. The maximum Gasteiger partial charge on any atom is 0.122 e. The second kappa shape index (κ2) is 5.29. The molecule has 0 radical (unpaired) electrons. The number of likely N-dealkylation sites (N-methyl/N-ethyl adjacent to an activating group) is 1. The molecule has 1 N–H and O–H groups in total. The SMILES string of the molecule is CN(CCc1ccc2c(c1)CCO2)CC1CNC1. The molecule has 1 aromatic carbocycles. The van der Waals surface area contributed by atoms with Crippen LogP contribution in [0.5, 0.6) is 5.75 Å². The largest absolute Gasteiger partial charge is 0.493 e. The summed E-state index contributed by atoms with van der Waals surface area (Å²) in [7, 11) is 2.23. The Labute approximate surface area is 109 Å². The first-order chi connectivity index (χ1) is 8.81. The number of ether oxygens (including phenoxy) is 1. The van der Waals surface area contributed by atoms with Crippen LogP contribution in [0.25, 0.3) is 0 Å². The van der Waals surface area contributed by atoms with E-state index in [1.54, 1.807) is 0 Å². The molecule has 2 aliphatic heterocycles. The molecular weight excluding hydrogens is 224 g/mol. The van der Waals surface area contributed by atoms with Gasteiger partial charge in [0.05, 0.1) is 6.61 Å². The van der Waals surface area contributed by atoms with Crippen molar-refractivity contribution >= 4 is 0 Å². The highest BCUT2D eigenvalue weighted by Gasteiger charge is 2.18. The quantitative estimate of drug-likeness (QED) is 0.848. The number of rotatable bonds is 5. The summed E-state index contributed by atoms with van der Waals surface area (Å²) in [5.41, 5.74) is 2.83. The van der Waals surface area contributed by atoms with Crippen molar-refractivity contribution < 1.29 is 4.74 Å². The molecule has 0 aliphatic carbocycles. The van der Waals surface area contributed by atoms with E-state index in [1.165, 1.54) is 30.8 Å². The van der Waals surface area contributed by atoms with E-state index in [9.17, 15) is 0 Å². The molecule has 98 valence electrons. The third-order valence-corrected chi connectivity index (χ3v) is 3.97. The lowest BCUT2D eigenvalue weighted by atomic mass is 10.0. The number of benzene rings is 1. The first kappa shape index (κ1) is 12.0. The predicted molar refractivity (Wildman–Crippen MR) is 73.2 cm³/mol. The summed E-state index contributed by atoms with van der Waals surface area (Å²) in [6, 6.07) is 6.66. The minimum absolute atomic E-state index is 0.855. The van der Waals surface area contributed by atoms with Gasteiger partial charge in [-0.3, -0.25) is 0 Å². The number of nitrogens with zero attached hydrogens (tertiary/aromatic N) is 1. The van der Waals surface area contributed by atoms with E-state index in [0.29, 0.717) is 0 Å². The summed E-state index contributed by atoms with van der Waals surface area (Å²) in [5.74, 6) is 1.95. The maximum absolute atomic E-state index is 5.54. The minimum Gasteiger partial charge on any atom is -0.493 e. The molecule has 2 heterocycles. The summed E-state index contributed by atoms with van der Waals surface area (Å²) in [6.07, 6.45) is 2.22. The lowest BCUT2D eigenvalue weighted by molar-refractivity contribution is 0.226. The highest BCUT2D eigenvalue weighted by molar-refractivity contribution is 5.39. The number of hydrogen-bond acceptors (Lipinski definition) is 3. The van der Waals surface area contributed by atoms with Crippen molar-refractivity contribution in [3.8, 4) is 5.75 Å². The van der Waals surface area contributed by atoms with E-state index < -0.39 is 0 Å². The molecule has 18 heavy (non-hydrogen) atoms. The zero-order valence-electron chi connectivity index (χ0n) is 11.1. The van der Waals surface area contributed by atoms with Crippen LogP contribution in [0.15, 0.2) is 18.2 Å². The van der Waals surface area contributed by atoms with Gasteiger partial charge in [-0.25, -0.2) is 0 Å². The number of nitrogens with one attached hydrogen (secondary N) is 1. The van der Waals surface area contributed by atoms with Gasteiger partial charge in [0.15, 0.2) is 0 Å². The van der Waals surface area contributed by atoms with E-state index in [2.05, 4.69) is 35.5 Å². The molecule has 0 unspecified atom stereocenters. The number of fused-ring (bicyclic) bond motifs is 1. The topological polar surface area (TPSA) is 24.5 Å². The van der Waals surface area contributed by atoms with Gasteiger partial charge in [0.1, 0.15) is 5.75 Å². The van der Waals surface area contributed by atoms with Gasteiger partial charge >= 0.3 is 0 Å². The molecule has 1 aromatic rings. The zero-order valence-corrected chi connectivity index (χ0v) is 11.1. The standard InChI is InChI=1S/C15H22N2O/c1-17(11-13-9-16-10-13)6-4-12-2-3-15-14(8-12)5-7-18-15/h2-3,8,13,16H,4-7,9-11H2,1H3. The molecule has 0 spiro atoms. The van der Waals surface area contributed by atoms with Crippen LogP contribution >= 0.6 is 0 Å². The highest BCUT2D eigenvalue weighted by Crippen LogP contribution is 2.26. The molecule has 2 aliphatic rings. The molecule has 0 bridgehead atoms. The molecule has 3 nitrogen and oxygen atoms in total. The van der Waals surface area contributed by atoms with Crippen molar-refractivity contribution in [1.29, 1.82) is 0 Å². The first-order valence-electron chi connectivity index (χ1n) is 6.95. The molecule has 1 saturated heterocycles. The van der Waals surface area contributed by atoms with E-state index >= 15 is 0 Å². The van der Waals surface area contributed by atoms with Gasteiger partial charge in [-0.1, -0.05) is 12.1 Å². The van der Waals surface area contributed by atoms with Crippen LogP contribution < -0.4 is 10.1 Å². The van der Waals surface area contributed by atoms with Gasteiger partial charge in [-0.05, 0) is 36.6 Å². The van der Waals surface area contributed by atoms with E-state index in [4.69, 9.17) is 4.74 Å². The average Bonchev–Trinajstić information content (AvgIpc) is 2.78. The van der Waals surface area contributed by atoms with Crippen LogP contribution in [0, 0.1) is 5.92 Å². The Morgan fingerprint density at radius 2 is 2.28 bits per heavy atom. The van der Waals surface area contributed by atoms with Crippen molar-refractivity contribution in [1.82, 2.24) is 10.2 Å². The fourth-order valence-electron chi connectivity index (χ4n) is 2.73. The van der Waals surface area contributed by atoms with Crippen LogP contribution in [0.3, 0.4) is 0 Å².